The van der Waals surface area contributed by atoms with Crippen molar-refractivity contribution >= 4 is 0 Å². The number of nitrogens with zero attached hydrogens (tertiary/aromatic N) is 2. The molecule has 0 aromatic carbocycles. The predicted octanol–water partition coefficient (Wildman–Crippen LogP) is 1.90. The van der Waals surface area contributed by atoms with E-state index in [2.05, 4.69) is 18.1 Å². The molecule has 0 bridgehead atoms. The molecule has 92 valence electrons. The molecule has 2 rings (SSSR count). The van der Waals surface area contributed by atoms with Crippen molar-refractivity contribution in [1.29, 1.82) is 10.5 Å². The normalized spacial score (nSPS) is 21.7. The summed E-state index contributed by atoms with van der Waals surface area (Å²) in [5.74, 6) is 1.89. The molecule has 0 unspecified atom stereocenters. The number of hydrogen-bond donors (Lipinski definition) is 0. The van der Waals surface area contributed by atoms with Crippen molar-refractivity contribution in [3.05, 3.63) is 11.6 Å². The van der Waals surface area contributed by atoms with Crippen molar-refractivity contribution in [1.82, 2.24) is 0 Å². The van der Waals surface area contributed by atoms with Gasteiger partial charge in [-0.2, -0.15) is 10.5 Å². The zero-order valence-corrected chi connectivity index (χ0v) is 10.1. The summed E-state index contributed by atoms with van der Waals surface area (Å²) >= 11 is 0. The third kappa shape index (κ3) is 2.00. The number of ether oxygens (including phenoxy) is 2. The van der Waals surface area contributed by atoms with Gasteiger partial charge in [-0.15, -0.1) is 12.3 Å². The molecule has 0 atom stereocenters. The summed E-state index contributed by atoms with van der Waals surface area (Å²) in [4.78, 5) is 0. The van der Waals surface area contributed by atoms with Crippen LogP contribution in [-0.2, 0) is 9.47 Å². The minimum Gasteiger partial charge on any atom is -0.347 e. The lowest BCUT2D eigenvalue weighted by molar-refractivity contribution is -0.161. The van der Waals surface area contributed by atoms with Crippen LogP contribution in [0.25, 0.3) is 0 Å². The Morgan fingerprint density at radius 2 is 2.00 bits per heavy atom. The third-order valence-electron chi connectivity index (χ3n) is 3.55. The van der Waals surface area contributed by atoms with Gasteiger partial charge in [0.15, 0.2) is 11.2 Å². The quantitative estimate of drug-likeness (QED) is 0.548. The molecule has 1 saturated heterocycles. The van der Waals surface area contributed by atoms with Crippen LogP contribution in [0.15, 0.2) is 11.6 Å². The maximum Gasteiger partial charge on any atom is 0.175 e. The van der Waals surface area contributed by atoms with E-state index in [0.29, 0.717) is 32.5 Å². The van der Waals surface area contributed by atoms with Crippen LogP contribution in [0.5, 0.6) is 0 Å². The Morgan fingerprint density at radius 3 is 2.44 bits per heavy atom. The fraction of sp³-hybridized carbons (Fsp3) is 0.571. The van der Waals surface area contributed by atoms with Crippen molar-refractivity contribution in [2.45, 2.75) is 31.5 Å². The molecule has 0 aromatic heterocycles. The van der Waals surface area contributed by atoms with Crippen molar-refractivity contribution in [3.63, 3.8) is 0 Å². The van der Waals surface area contributed by atoms with Gasteiger partial charge in [0.1, 0.15) is 0 Å². The van der Waals surface area contributed by atoms with Gasteiger partial charge in [-0.25, -0.2) is 0 Å². The van der Waals surface area contributed by atoms with Crippen molar-refractivity contribution in [2.75, 3.05) is 13.2 Å². The number of allylic oxidation sites excluding steroid dienone is 1. The van der Waals surface area contributed by atoms with E-state index >= 15 is 0 Å². The first-order chi connectivity index (χ1) is 8.70. The molecule has 4 nitrogen and oxygen atoms in total. The topological polar surface area (TPSA) is 66.0 Å². The zero-order chi connectivity index (χ0) is 13.1. The summed E-state index contributed by atoms with van der Waals surface area (Å²) in [6.45, 7) is 1.21. The van der Waals surface area contributed by atoms with Gasteiger partial charge < -0.3 is 9.47 Å². The van der Waals surface area contributed by atoms with E-state index in [-0.39, 0.29) is 6.42 Å². The second kappa shape index (κ2) is 4.83. The molecule has 0 saturated carbocycles. The first-order valence-electron chi connectivity index (χ1n) is 5.94. The number of hydrogen-bond acceptors (Lipinski definition) is 4. The lowest BCUT2D eigenvalue weighted by atomic mass is 9.74. The summed E-state index contributed by atoms with van der Waals surface area (Å²) < 4.78 is 11.2. The Morgan fingerprint density at radius 1 is 1.33 bits per heavy atom. The highest BCUT2D eigenvalue weighted by molar-refractivity contribution is 5.36. The van der Waals surface area contributed by atoms with Crippen LogP contribution in [0.3, 0.4) is 0 Å². The lowest BCUT2D eigenvalue weighted by Crippen LogP contribution is -2.34. The van der Waals surface area contributed by atoms with E-state index in [1.54, 1.807) is 0 Å². The summed E-state index contributed by atoms with van der Waals surface area (Å²) in [5.41, 5.74) is -0.384. The van der Waals surface area contributed by atoms with Crippen LogP contribution >= 0.6 is 0 Å². The highest BCUT2D eigenvalue weighted by Crippen LogP contribution is 2.42. The number of terminal acetylenes is 1. The Labute approximate surface area is 107 Å². The highest BCUT2D eigenvalue weighted by Gasteiger charge is 2.42. The molecule has 0 N–H and O–H groups in total. The first kappa shape index (κ1) is 12.7. The van der Waals surface area contributed by atoms with Gasteiger partial charge in [-0.1, -0.05) is 6.08 Å². The fourth-order valence-electron chi connectivity index (χ4n) is 2.47. The molecule has 0 amide bonds. The second-order valence-electron chi connectivity index (χ2n) is 4.55. The van der Waals surface area contributed by atoms with Crippen LogP contribution in [0.4, 0.5) is 0 Å². The maximum absolute atomic E-state index is 9.25. The number of nitriles is 2. The Bertz CT molecular complexity index is 467. The molecular formula is C14H14N2O2. The molecule has 1 spiro atoms. The molecule has 1 fully saturated rings. The standard InChI is InChI=1S/C14H14N2O2/c1-2-5-13(10-15,11-16)12-3-6-14(7-4-12)17-8-9-18-14/h1,3H,4-9H2. The molecule has 1 aliphatic carbocycles. The Kier molecular flexibility index (Phi) is 3.39. The van der Waals surface area contributed by atoms with E-state index in [9.17, 15) is 10.5 Å². The second-order valence-corrected chi connectivity index (χ2v) is 4.55. The molecule has 2 aliphatic rings. The van der Waals surface area contributed by atoms with Gasteiger partial charge in [-0.05, 0) is 12.0 Å². The largest absolute Gasteiger partial charge is 0.347 e. The van der Waals surface area contributed by atoms with Gasteiger partial charge in [0.25, 0.3) is 0 Å². The average Bonchev–Trinajstić information content (AvgIpc) is 2.86. The Hall–Kier alpha value is -1.80. The van der Waals surface area contributed by atoms with Crippen LogP contribution < -0.4 is 0 Å². The van der Waals surface area contributed by atoms with Gasteiger partial charge >= 0.3 is 0 Å². The third-order valence-corrected chi connectivity index (χ3v) is 3.55. The lowest BCUT2D eigenvalue weighted by Gasteiger charge is -2.33. The monoisotopic (exact) mass is 242 g/mol. The van der Waals surface area contributed by atoms with E-state index in [1.807, 2.05) is 6.08 Å². The van der Waals surface area contributed by atoms with E-state index in [0.717, 1.165) is 5.57 Å². The summed E-state index contributed by atoms with van der Waals surface area (Å²) in [6, 6.07) is 4.12. The average molecular weight is 242 g/mol. The zero-order valence-electron chi connectivity index (χ0n) is 10.1. The summed E-state index contributed by atoms with van der Waals surface area (Å²) in [7, 11) is 0. The van der Waals surface area contributed by atoms with Crippen molar-refractivity contribution in [3.8, 4) is 24.5 Å². The molecule has 0 aromatic rings. The number of rotatable bonds is 2. The van der Waals surface area contributed by atoms with E-state index in [1.165, 1.54) is 0 Å². The van der Waals surface area contributed by atoms with Gasteiger partial charge in [0, 0.05) is 19.3 Å². The minimum absolute atomic E-state index is 0.126. The molecular weight excluding hydrogens is 228 g/mol. The van der Waals surface area contributed by atoms with Crippen LogP contribution in [0, 0.1) is 40.4 Å². The van der Waals surface area contributed by atoms with Crippen LogP contribution in [0.1, 0.15) is 25.7 Å². The minimum atomic E-state index is -1.19. The smallest absolute Gasteiger partial charge is 0.175 e. The van der Waals surface area contributed by atoms with Crippen molar-refractivity contribution < 1.29 is 9.47 Å². The van der Waals surface area contributed by atoms with E-state index < -0.39 is 11.2 Å². The SMILES string of the molecule is C#CCC(C#N)(C#N)C1=CCC2(CC1)OCCO2. The van der Waals surface area contributed by atoms with Gasteiger partial charge in [0.05, 0.1) is 25.4 Å². The van der Waals surface area contributed by atoms with Crippen LogP contribution in [-0.4, -0.2) is 19.0 Å². The predicted molar refractivity (Wildman–Crippen MR) is 63.7 cm³/mol. The molecule has 1 heterocycles. The molecule has 18 heavy (non-hydrogen) atoms. The first-order valence-corrected chi connectivity index (χ1v) is 5.94. The van der Waals surface area contributed by atoms with Crippen LogP contribution in [0.2, 0.25) is 0 Å². The summed E-state index contributed by atoms with van der Waals surface area (Å²) in [6.07, 6.45) is 9.14. The highest BCUT2D eigenvalue weighted by atomic mass is 16.7. The van der Waals surface area contributed by atoms with E-state index in [4.69, 9.17) is 15.9 Å². The maximum atomic E-state index is 9.25. The molecule has 0 radical (unpaired) electrons. The molecule has 4 heteroatoms. The van der Waals surface area contributed by atoms with Crippen molar-refractivity contribution in [2.24, 2.45) is 5.41 Å². The summed E-state index contributed by atoms with van der Waals surface area (Å²) in [5, 5.41) is 18.5. The fourth-order valence-corrected chi connectivity index (χ4v) is 2.47. The molecule has 1 aliphatic heterocycles. The van der Waals surface area contributed by atoms with Gasteiger partial charge in [-0.3, -0.25) is 0 Å². The Balaban J connectivity index is 2.21. The van der Waals surface area contributed by atoms with Gasteiger partial charge in [0.2, 0.25) is 0 Å².